The maximum absolute atomic E-state index is 11.9. The molecule has 0 aliphatic rings. The molecule has 0 N–H and O–H groups in total. The summed E-state index contributed by atoms with van der Waals surface area (Å²) in [6.45, 7) is 1.89. The first kappa shape index (κ1) is 17.5. The number of hydrogen-bond acceptors (Lipinski definition) is 7. The van der Waals surface area contributed by atoms with Crippen LogP contribution in [0.1, 0.15) is 32.2 Å². The predicted octanol–water partition coefficient (Wildman–Crippen LogP) is 3.29. The van der Waals surface area contributed by atoms with E-state index in [1.807, 2.05) is 13.0 Å². The number of methoxy groups -OCH3 is 2. The van der Waals surface area contributed by atoms with E-state index in [1.165, 1.54) is 14.2 Å². The molecule has 0 atom stereocenters. The number of nitrogens with zero attached hydrogens (tertiary/aromatic N) is 1. The second-order valence-corrected chi connectivity index (χ2v) is 5.56. The van der Waals surface area contributed by atoms with Crippen LogP contribution >= 0.6 is 0 Å². The average molecular weight is 355 g/mol. The standard InChI is InChI=1S/C19H17NO6/c1-11-4-7-15(13(8-11)19(22)24-3)25-10-17-20-14-6-5-12(18(21)23-2)9-16(14)26-17/h4-9H,10H2,1-3H3. The van der Waals surface area contributed by atoms with Crippen LogP contribution in [0, 0.1) is 6.92 Å². The Kier molecular flexibility index (Phi) is 4.88. The molecular formula is C19H17NO6. The van der Waals surface area contributed by atoms with Crippen LogP contribution in [-0.2, 0) is 16.1 Å². The van der Waals surface area contributed by atoms with Gasteiger partial charge in [0.2, 0.25) is 5.89 Å². The van der Waals surface area contributed by atoms with Crippen molar-refractivity contribution in [2.45, 2.75) is 13.5 Å². The smallest absolute Gasteiger partial charge is 0.341 e. The van der Waals surface area contributed by atoms with Crippen LogP contribution in [0.3, 0.4) is 0 Å². The van der Waals surface area contributed by atoms with Gasteiger partial charge in [-0.25, -0.2) is 14.6 Å². The Hall–Kier alpha value is -3.35. The van der Waals surface area contributed by atoms with Crippen molar-refractivity contribution in [3.05, 3.63) is 59.0 Å². The van der Waals surface area contributed by atoms with E-state index in [0.717, 1.165) is 5.56 Å². The Morgan fingerprint density at radius 2 is 1.81 bits per heavy atom. The van der Waals surface area contributed by atoms with Gasteiger partial charge in [-0.3, -0.25) is 0 Å². The molecule has 0 fully saturated rings. The molecule has 0 saturated heterocycles. The summed E-state index contributed by atoms with van der Waals surface area (Å²) in [7, 11) is 2.63. The van der Waals surface area contributed by atoms with E-state index in [0.29, 0.717) is 33.9 Å². The lowest BCUT2D eigenvalue weighted by molar-refractivity contribution is 0.0588. The summed E-state index contributed by atoms with van der Waals surface area (Å²) in [5, 5.41) is 0. The summed E-state index contributed by atoms with van der Waals surface area (Å²) < 4.78 is 20.8. The van der Waals surface area contributed by atoms with Gasteiger partial charge in [0.05, 0.1) is 19.8 Å². The second-order valence-electron chi connectivity index (χ2n) is 5.56. The number of benzene rings is 2. The molecule has 7 nitrogen and oxygen atoms in total. The van der Waals surface area contributed by atoms with E-state index in [9.17, 15) is 9.59 Å². The number of carbonyl (C=O) groups is 2. The Morgan fingerprint density at radius 1 is 1.04 bits per heavy atom. The third-order valence-electron chi connectivity index (χ3n) is 3.75. The molecule has 1 heterocycles. The fraction of sp³-hybridized carbons (Fsp3) is 0.211. The lowest BCUT2D eigenvalue weighted by Gasteiger charge is -2.09. The molecule has 3 aromatic rings. The van der Waals surface area contributed by atoms with Gasteiger partial charge in [0, 0.05) is 0 Å². The number of oxazole rings is 1. The molecule has 26 heavy (non-hydrogen) atoms. The summed E-state index contributed by atoms with van der Waals surface area (Å²) in [5.74, 6) is -0.245. The lowest BCUT2D eigenvalue weighted by Crippen LogP contribution is -2.06. The third kappa shape index (κ3) is 3.51. The molecule has 1 aromatic heterocycles. The Bertz CT molecular complexity index is 975. The van der Waals surface area contributed by atoms with Crippen molar-refractivity contribution in [1.82, 2.24) is 4.98 Å². The van der Waals surface area contributed by atoms with E-state index < -0.39 is 11.9 Å². The summed E-state index contributed by atoms with van der Waals surface area (Å²) in [4.78, 5) is 27.8. The van der Waals surface area contributed by atoms with E-state index in [4.69, 9.17) is 13.9 Å². The van der Waals surface area contributed by atoms with Gasteiger partial charge >= 0.3 is 11.9 Å². The van der Waals surface area contributed by atoms with Crippen LogP contribution in [0.15, 0.2) is 40.8 Å². The molecule has 7 heteroatoms. The molecular weight excluding hydrogens is 338 g/mol. The van der Waals surface area contributed by atoms with Crippen LogP contribution < -0.4 is 4.74 Å². The zero-order valence-corrected chi connectivity index (χ0v) is 14.6. The molecule has 0 aliphatic heterocycles. The number of carbonyl (C=O) groups excluding carboxylic acids is 2. The first-order chi connectivity index (χ1) is 12.5. The normalized spacial score (nSPS) is 10.6. The molecule has 0 saturated carbocycles. The molecule has 3 rings (SSSR count). The molecule has 0 unspecified atom stereocenters. The van der Waals surface area contributed by atoms with Crippen molar-refractivity contribution >= 4 is 23.0 Å². The number of aryl methyl sites for hydroxylation is 1. The fourth-order valence-corrected chi connectivity index (χ4v) is 2.46. The maximum Gasteiger partial charge on any atom is 0.341 e. The number of hydrogen-bond donors (Lipinski definition) is 0. The Morgan fingerprint density at radius 3 is 2.54 bits per heavy atom. The predicted molar refractivity (Wildman–Crippen MR) is 92.2 cm³/mol. The number of aromatic nitrogens is 1. The number of esters is 2. The highest BCUT2D eigenvalue weighted by Crippen LogP contribution is 2.23. The van der Waals surface area contributed by atoms with Crippen LogP contribution in [0.2, 0.25) is 0 Å². The molecule has 0 radical (unpaired) electrons. The van der Waals surface area contributed by atoms with Crippen LogP contribution in [0.4, 0.5) is 0 Å². The molecule has 0 spiro atoms. The van der Waals surface area contributed by atoms with Crippen molar-refractivity contribution in [2.24, 2.45) is 0 Å². The van der Waals surface area contributed by atoms with Gasteiger partial charge in [-0.15, -0.1) is 0 Å². The first-order valence-corrected chi connectivity index (χ1v) is 7.81. The lowest BCUT2D eigenvalue weighted by atomic mass is 10.1. The van der Waals surface area contributed by atoms with Gasteiger partial charge in [-0.2, -0.15) is 0 Å². The molecule has 2 aromatic carbocycles. The SMILES string of the molecule is COC(=O)c1ccc2nc(COc3ccc(C)cc3C(=O)OC)oc2c1. The number of rotatable bonds is 5. The fourth-order valence-electron chi connectivity index (χ4n) is 2.46. The van der Waals surface area contributed by atoms with Gasteiger partial charge in [-0.1, -0.05) is 11.6 Å². The maximum atomic E-state index is 11.9. The number of fused-ring (bicyclic) bond motifs is 1. The van der Waals surface area contributed by atoms with Gasteiger partial charge in [0.1, 0.15) is 16.8 Å². The van der Waals surface area contributed by atoms with Gasteiger partial charge < -0.3 is 18.6 Å². The highest BCUT2D eigenvalue weighted by Gasteiger charge is 2.15. The third-order valence-corrected chi connectivity index (χ3v) is 3.75. The zero-order valence-electron chi connectivity index (χ0n) is 14.6. The van der Waals surface area contributed by atoms with Crippen molar-refractivity contribution in [3.8, 4) is 5.75 Å². The van der Waals surface area contributed by atoms with E-state index in [2.05, 4.69) is 9.72 Å². The van der Waals surface area contributed by atoms with Crippen LogP contribution in [0.25, 0.3) is 11.1 Å². The summed E-state index contributed by atoms with van der Waals surface area (Å²) >= 11 is 0. The molecule has 0 aliphatic carbocycles. The van der Waals surface area contributed by atoms with Crippen LogP contribution in [0.5, 0.6) is 5.75 Å². The molecule has 134 valence electrons. The zero-order chi connectivity index (χ0) is 18.7. The largest absolute Gasteiger partial charge is 0.483 e. The van der Waals surface area contributed by atoms with Gasteiger partial charge in [0.15, 0.2) is 12.2 Å². The van der Waals surface area contributed by atoms with Gasteiger partial charge in [0.25, 0.3) is 0 Å². The van der Waals surface area contributed by atoms with E-state index >= 15 is 0 Å². The highest BCUT2D eigenvalue weighted by atomic mass is 16.5. The summed E-state index contributed by atoms with van der Waals surface area (Å²) in [6.07, 6.45) is 0. The highest BCUT2D eigenvalue weighted by molar-refractivity contribution is 5.93. The van der Waals surface area contributed by atoms with E-state index in [1.54, 1.807) is 30.3 Å². The Labute approximate surface area is 149 Å². The Balaban J connectivity index is 1.82. The summed E-state index contributed by atoms with van der Waals surface area (Å²) in [6, 6.07) is 10.0. The minimum absolute atomic E-state index is 0.0231. The molecule has 0 bridgehead atoms. The second kappa shape index (κ2) is 7.26. The molecule has 0 amide bonds. The van der Waals surface area contributed by atoms with Crippen molar-refractivity contribution in [1.29, 1.82) is 0 Å². The first-order valence-electron chi connectivity index (χ1n) is 7.81. The van der Waals surface area contributed by atoms with E-state index in [-0.39, 0.29) is 6.61 Å². The van der Waals surface area contributed by atoms with Gasteiger partial charge in [-0.05, 0) is 37.3 Å². The topological polar surface area (TPSA) is 87.9 Å². The minimum Gasteiger partial charge on any atom is -0.483 e. The quantitative estimate of drug-likeness (QED) is 0.649. The monoisotopic (exact) mass is 355 g/mol. The van der Waals surface area contributed by atoms with Crippen LogP contribution in [-0.4, -0.2) is 31.1 Å². The average Bonchev–Trinajstić information content (AvgIpc) is 3.07. The number of ether oxygens (including phenoxy) is 3. The van der Waals surface area contributed by atoms with Crippen molar-refractivity contribution in [3.63, 3.8) is 0 Å². The van der Waals surface area contributed by atoms with Crippen molar-refractivity contribution < 1.29 is 28.2 Å². The minimum atomic E-state index is -0.482. The summed E-state index contributed by atoms with van der Waals surface area (Å²) in [5.41, 5.74) is 2.65. The van der Waals surface area contributed by atoms with Crippen molar-refractivity contribution in [2.75, 3.05) is 14.2 Å².